The van der Waals surface area contributed by atoms with Crippen LogP contribution in [0.1, 0.15) is 46.0 Å². The van der Waals surface area contributed by atoms with E-state index in [9.17, 15) is 8.78 Å². The summed E-state index contributed by atoms with van der Waals surface area (Å²) in [5.74, 6) is 0.649. The van der Waals surface area contributed by atoms with Gasteiger partial charge in [0.1, 0.15) is 0 Å². The summed E-state index contributed by atoms with van der Waals surface area (Å²) in [6.07, 6.45) is 8.05. The Bertz CT molecular complexity index is 520. The van der Waals surface area contributed by atoms with Crippen molar-refractivity contribution in [3.63, 3.8) is 0 Å². The third-order valence-corrected chi connectivity index (χ3v) is 5.42. The van der Waals surface area contributed by atoms with E-state index in [1.54, 1.807) is 11.8 Å². The largest absolute Gasteiger partial charge is 0.246 e. The lowest BCUT2D eigenvalue weighted by molar-refractivity contribution is 0.228. The highest BCUT2D eigenvalue weighted by atomic mass is 32.2. The topological polar surface area (TPSA) is 12.4 Å². The molecule has 1 saturated carbocycles. The van der Waals surface area contributed by atoms with Crippen LogP contribution in [0.15, 0.2) is 23.2 Å². The summed E-state index contributed by atoms with van der Waals surface area (Å²) in [7, 11) is 0. The number of aliphatic imine (C=N–C) groups is 1. The highest BCUT2D eigenvalue weighted by Gasteiger charge is 2.24. The number of halogens is 2. The van der Waals surface area contributed by atoms with Crippen LogP contribution >= 0.6 is 11.8 Å². The van der Waals surface area contributed by atoms with Crippen LogP contribution in [0.5, 0.6) is 0 Å². The molecule has 0 atom stereocenters. The zero-order chi connectivity index (χ0) is 16.1. The fourth-order valence-electron chi connectivity index (χ4n) is 3.18. The van der Waals surface area contributed by atoms with Crippen LogP contribution in [-0.2, 0) is 0 Å². The molecule has 22 heavy (non-hydrogen) atoms. The minimum atomic E-state index is -0.834. The normalized spacial score (nSPS) is 23.1. The molecule has 0 aromatic heterocycles. The minimum absolute atomic E-state index is 0.499. The molecular formula is C18H25F2NS. The Labute approximate surface area is 136 Å². The summed E-state index contributed by atoms with van der Waals surface area (Å²) in [5, 5.41) is 1.01. The zero-order valence-electron chi connectivity index (χ0n) is 13.6. The average molecular weight is 325 g/mol. The highest BCUT2D eigenvalue weighted by Crippen LogP contribution is 2.36. The molecule has 0 aliphatic heterocycles. The number of hydrogen-bond donors (Lipinski definition) is 0. The molecule has 1 nitrogen and oxygen atoms in total. The lowest BCUT2D eigenvalue weighted by Gasteiger charge is -2.30. The highest BCUT2D eigenvalue weighted by molar-refractivity contribution is 8.13. The van der Waals surface area contributed by atoms with E-state index in [2.05, 4.69) is 18.8 Å². The van der Waals surface area contributed by atoms with Crippen LogP contribution in [0, 0.1) is 29.4 Å². The SMILES string of the molecule is CSC(CC1CCC(C(C)C)CC1)=Nc1ccc(F)c(F)c1. The van der Waals surface area contributed by atoms with E-state index >= 15 is 0 Å². The summed E-state index contributed by atoms with van der Waals surface area (Å²) >= 11 is 1.61. The molecule has 2 rings (SSSR count). The monoisotopic (exact) mass is 325 g/mol. The van der Waals surface area contributed by atoms with Gasteiger partial charge in [0.15, 0.2) is 11.6 Å². The van der Waals surface area contributed by atoms with Crippen molar-refractivity contribution in [1.29, 1.82) is 0 Å². The maximum absolute atomic E-state index is 13.3. The van der Waals surface area contributed by atoms with Crippen LogP contribution in [0.2, 0.25) is 0 Å². The molecule has 0 heterocycles. The summed E-state index contributed by atoms with van der Waals surface area (Å²) in [6.45, 7) is 4.62. The molecule has 1 aliphatic carbocycles. The number of rotatable bonds is 4. The maximum atomic E-state index is 13.3. The van der Waals surface area contributed by atoms with Crippen molar-refractivity contribution >= 4 is 22.5 Å². The second-order valence-corrected chi connectivity index (χ2v) is 7.42. The van der Waals surface area contributed by atoms with Gasteiger partial charge in [0.05, 0.1) is 10.7 Å². The molecule has 1 aliphatic rings. The number of nitrogens with zero attached hydrogens (tertiary/aromatic N) is 1. The van der Waals surface area contributed by atoms with E-state index in [0.717, 1.165) is 29.4 Å². The Kier molecular flexibility index (Phi) is 6.42. The van der Waals surface area contributed by atoms with Crippen molar-refractivity contribution < 1.29 is 8.78 Å². The Morgan fingerprint density at radius 1 is 1.18 bits per heavy atom. The predicted octanol–water partition coefficient (Wildman–Crippen LogP) is 6.21. The minimum Gasteiger partial charge on any atom is -0.246 e. The van der Waals surface area contributed by atoms with Gasteiger partial charge in [-0.3, -0.25) is 0 Å². The Morgan fingerprint density at radius 2 is 1.86 bits per heavy atom. The summed E-state index contributed by atoms with van der Waals surface area (Å²) in [6, 6.07) is 3.84. The van der Waals surface area contributed by atoms with Crippen molar-refractivity contribution in [2.75, 3.05) is 6.26 Å². The van der Waals surface area contributed by atoms with Crippen molar-refractivity contribution in [1.82, 2.24) is 0 Å². The lowest BCUT2D eigenvalue weighted by Crippen LogP contribution is -2.19. The number of hydrogen-bond acceptors (Lipinski definition) is 2. The first-order chi connectivity index (χ1) is 10.5. The number of benzene rings is 1. The molecule has 0 saturated heterocycles. The molecule has 4 heteroatoms. The Balaban J connectivity index is 1.97. The first-order valence-corrected chi connectivity index (χ1v) is 9.28. The van der Waals surface area contributed by atoms with E-state index in [1.807, 2.05) is 6.26 Å². The molecule has 122 valence electrons. The van der Waals surface area contributed by atoms with Crippen molar-refractivity contribution in [2.45, 2.75) is 46.0 Å². The summed E-state index contributed by atoms with van der Waals surface area (Å²) in [4.78, 5) is 4.50. The molecule has 1 aromatic rings. The molecule has 1 aromatic carbocycles. The Hall–Kier alpha value is -0.900. The summed E-state index contributed by atoms with van der Waals surface area (Å²) < 4.78 is 26.2. The van der Waals surface area contributed by atoms with Gasteiger partial charge in [0.2, 0.25) is 0 Å². The third-order valence-electron chi connectivity index (χ3n) is 4.69. The van der Waals surface area contributed by atoms with Gasteiger partial charge in [-0.2, -0.15) is 0 Å². The van der Waals surface area contributed by atoms with Crippen LogP contribution in [0.25, 0.3) is 0 Å². The maximum Gasteiger partial charge on any atom is 0.160 e. The van der Waals surface area contributed by atoms with Crippen molar-refractivity contribution in [3.05, 3.63) is 29.8 Å². The predicted molar refractivity (Wildman–Crippen MR) is 91.9 cm³/mol. The molecular weight excluding hydrogens is 300 g/mol. The Morgan fingerprint density at radius 3 is 2.41 bits per heavy atom. The lowest BCUT2D eigenvalue weighted by atomic mass is 9.76. The standard InChI is InChI=1S/C18H25F2NS/c1-12(2)14-6-4-13(5-7-14)10-18(22-3)21-15-8-9-16(19)17(20)11-15/h8-9,11-14H,4-7,10H2,1-3H3. The fourth-order valence-corrected chi connectivity index (χ4v) is 3.78. The quantitative estimate of drug-likeness (QED) is 0.473. The van der Waals surface area contributed by atoms with E-state index in [1.165, 1.54) is 37.8 Å². The molecule has 0 radical (unpaired) electrons. The first kappa shape index (κ1) is 17.5. The van der Waals surface area contributed by atoms with Gasteiger partial charge in [-0.05, 0) is 68.2 Å². The van der Waals surface area contributed by atoms with Crippen LogP contribution in [0.4, 0.5) is 14.5 Å². The average Bonchev–Trinajstić information content (AvgIpc) is 2.50. The van der Waals surface area contributed by atoms with Gasteiger partial charge in [-0.15, -0.1) is 11.8 Å². The van der Waals surface area contributed by atoms with Gasteiger partial charge < -0.3 is 0 Å². The van der Waals surface area contributed by atoms with E-state index < -0.39 is 11.6 Å². The smallest absolute Gasteiger partial charge is 0.160 e. The zero-order valence-corrected chi connectivity index (χ0v) is 14.4. The van der Waals surface area contributed by atoms with E-state index in [4.69, 9.17) is 0 Å². The molecule has 0 amide bonds. The first-order valence-electron chi connectivity index (χ1n) is 8.06. The molecule has 0 N–H and O–H groups in total. The van der Waals surface area contributed by atoms with Gasteiger partial charge in [-0.25, -0.2) is 13.8 Å². The number of thioether (sulfide) groups is 1. The fraction of sp³-hybridized carbons (Fsp3) is 0.611. The van der Waals surface area contributed by atoms with Crippen LogP contribution < -0.4 is 0 Å². The van der Waals surface area contributed by atoms with Gasteiger partial charge in [0, 0.05) is 6.07 Å². The molecule has 0 bridgehead atoms. The molecule has 0 unspecified atom stereocenters. The van der Waals surface area contributed by atoms with E-state index in [-0.39, 0.29) is 0 Å². The van der Waals surface area contributed by atoms with Gasteiger partial charge in [-0.1, -0.05) is 13.8 Å². The van der Waals surface area contributed by atoms with Crippen molar-refractivity contribution in [3.8, 4) is 0 Å². The molecule has 1 fully saturated rings. The van der Waals surface area contributed by atoms with Gasteiger partial charge in [0.25, 0.3) is 0 Å². The summed E-state index contributed by atoms with van der Waals surface area (Å²) in [5.41, 5.74) is 0.499. The van der Waals surface area contributed by atoms with Crippen molar-refractivity contribution in [2.24, 2.45) is 22.7 Å². The third kappa shape index (κ3) is 4.80. The molecule has 0 spiro atoms. The van der Waals surface area contributed by atoms with Crippen LogP contribution in [0.3, 0.4) is 0 Å². The second kappa shape index (κ2) is 8.09. The second-order valence-electron chi connectivity index (χ2n) is 6.54. The van der Waals surface area contributed by atoms with Crippen LogP contribution in [-0.4, -0.2) is 11.3 Å². The van der Waals surface area contributed by atoms with E-state index in [0.29, 0.717) is 11.6 Å². The van der Waals surface area contributed by atoms with Gasteiger partial charge >= 0.3 is 0 Å².